The van der Waals surface area contributed by atoms with Crippen molar-refractivity contribution in [2.24, 2.45) is 0 Å². The normalized spacial score (nSPS) is 27.1. The van der Waals surface area contributed by atoms with E-state index in [1.807, 2.05) is 12.1 Å². The molecule has 2 unspecified atom stereocenters. The highest BCUT2D eigenvalue weighted by molar-refractivity contribution is 6.58. The summed E-state index contributed by atoms with van der Waals surface area (Å²) in [5.41, 5.74) is 1.77. The van der Waals surface area contributed by atoms with E-state index < -0.39 is 7.12 Å². The lowest BCUT2D eigenvalue weighted by molar-refractivity contribution is -0.0911. The molecule has 3 rings (SSSR count). The van der Waals surface area contributed by atoms with Gasteiger partial charge in [-0.25, -0.2) is 0 Å². The van der Waals surface area contributed by atoms with Crippen molar-refractivity contribution in [1.82, 2.24) is 4.90 Å². The smallest absolute Gasteiger partial charge is 0.423 e. The fraction of sp³-hybridized carbons (Fsp3) is 0.600. The molecule has 2 fully saturated rings. The third-order valence-electron chi connectivity index (χ3n) is 4.51. The van der Waals surface area contributed by atoms with Crippen LogP contribution < -0.4 is 5.46 Å². The summed E-state index contributed by atoms with van der Waals surface area (Å²) in [6, 6.07) is 8.11. The maximum absolute atomic E-state index is 9.12. The largest absolute Gasteiger partial charge is 0.488 e. The SMILES string of the molecule is OB(O)c1ccc(CN2CCOC3CCCCC32)cc1. The van der Waals surface area contributed by atoms with Crippen LogP contribution in [-0.4, -0.2) is 47.4 Å². The molecule has 1 heterocycles. The number of morpholine rings is 1. The van der Waals surface area contributed by atoms with E-state index in [2.05, 4.69) is 4.90 Å². The van der Waals surface area contributed by atoms with Crippen LogP contribution in [0.15, 0.2) is 24.3 Å². The highest BCUT2D eigenvalue weighted by Crippen LogP contribution is 2.29. The number of benzene rings is 1. The Kier molecular flexibility index (Phi) is 4.41. The molecule has 1 aliphatic carbocycles. The zero-order valence-electron chi connectivity index (χ0n) is 11.7. The van der Waals surface area contributed by atoms with Gasteiger partial charge >= 0.3 is 7.12 Å². The van der Waals surface area contributed by atoms with Gasteiger partial charge in [0.15, 0.2) is 0 Å². The second-order valence-electron chi connectivity index (χ2n) is 5.85. The monoisotopic (exact) mass is 275 g/mol. The van der Waals surface area contributed by atoms with Gasteiger partial charge < -0.3 is 14.8 Å². The van der Waals surface area contributed by atoms with Gasteiger partial charge in [-0.2, -0.15) is 0 Å². The summed E-state index contributed by atoms with van der Waals surface area (Å²) in [6.45, 7) is 2.74. The summed E-state index contributed by atoms with van der Waals surface area (Å²) in [5.74, 6) is 0. The van der Waals surface area contributed by atoms with Gasteiger partial charge in [0.05, 0.1) is 12.7 Å². The van der Waals surface area contributed by atoms with Crippen LogP contribution in [0.2, 0.25) is 0 Å². The number of hydrogen-bond acceptors (Lipinski definition) is 4. The minimum Gasteiger partial charge on any atom is -0.423 e. The Balaban J connectivity index is 1.66. The summed E-state index contributed by atoms with van der Waals surface area (Å²) >= 11 is 0. The van der Waals surface area contributed by atoms with Crippen molar-refractivity contribution in [3.05, 3.63) is 29.8 Å². The molecule has 20 heavy (non-hydrogen) atoms. The molecule has 1 aromatic carbocycles. The Morgan fingerprint density at radius 2 is 1.90 bits per heavy atom. The molecule has 2 aliphatic rings. The van der Waals surface area contributed by atoms with E-state index in [-0.39, 0.29) is 0 Å². The number of ether oxygens (including phenoxy) is 1. The van der Waals surface area contributed by atoms with Crippen molar-refractivity contribution in [2.75, 3.05) is 13.2 Å². The summed E-state index contributed by atoms with van der Waals surface area (Å²) in [5, 5.41) is 18.2. The summed E-state index contributed by atoms with van der Waals surface area (Å²) in [6.07, 6.45) is 5.43. The first-order valence-corrected chi connectivity index (χ1v) is 7.54. The molecule has 0 bridgehead atoms. The predicted molar refractivity (Wildman–Crippen MR) is 78.7 cm³/mol. The van der Waals surface area contributed by atoms with Crippen LogP contribution in [0.1, 0.15) is 31.2 Å². The molecule has 1 saturated carbocycles. The molecule has 1 aliphatic heterocycles. The Hall–Kier alpha value is -0.875. The van der Waals surface area contributed by atoms with Crippen molar-refractivity contribution in [1.29, 1.82) is 0 Å². The van der Waals surface area contributed by atoms with Gasteiger partial charge in [-0.05, 0) is 23.9 Å². The first-order valence-electron chi connectivity index (χ1n) is 7.54. The molecule has 2 N–H and O–H groups in total. The first kappa shape index (κ1) is 14.1. The van der Waals surface area contributed by atoms with Crippen molar-refractivity contribution >= 4 is 12.6 Å². The summed E-state index contributed by atoms with van der Waals surface area (Å²) in [7, 11) is -1.38. The average Bonchev–Trinajstić information content (AvgIpc) is 2.48. The van der Waals surface area contributed by atoms with Gasteiger partial charge in [0.1, 0.15) is 0 Å². The third kappa shape index (κ3) is 3.06. The molecule has 108 valence electrons. The van der Waals surface area contributed by atoms with Crippen molar-refractivity contribution in [3.63, 3.8) is 0 Å². The van der Waals surface area contributed by atoms with Gasteiger partial charge in [-0.1, -0.05) is 37.1 Å². The lowest BCUT2D eigenvalue weighted by atomic mass is 9.80. The van der Waals surface area contributed by atoms with Gasteiger partial charge in [-0.15, -0.1) is 0 Å². The molecule has 1 aromatic rings. The molecule has 4 nitrogen and oxygen atoms in total. The average molecular weight is 275 g/mol. The molecule has 0 spiro atoms. The molecule has 0 radical (unpaired) electrons. The molecule has 0 aromatic heterocycles. The number of hydrogen-bond donors (Lipinski definition) is 2. The number of nitrogens with zero attached hydrogens (tertiary/aromatic N) is 1. The van der Waals surface area contributed by atoms with Gasteiger partial charge in [0.25, 0.3) is 0 Å². The highest BCUT2D eigenvalue weighted by Gasteiger charge is 2.33. The van der Waals surface area contributed by atoms with Crippen LogP contribution in [0.25, 0.3) is 0 Å². The second-order valence-corrected chi connectivity index (χ2v) is 5.85. The van der Waals surface area contributed by atoms with Gasteiger partial charge in [0.2, 0.25) is 0 Å². The van der Waals surface area contributed by atoms with Crippen molar-refractivity contribution in [2.45, 2.75) is 44.4 Å². The van der Waals surface area contributed by atoms with Crippen LogP contribution in [0.3, 0.4) is 0 Å². The standard InChI is InChI=1S/C15H22BNO3/c18-16(19)13-7-5-12(6-8-13)11-17-9-10-20-15-4-2-1-3-14(15)17/h5-8,14-15,18-19H,1-4,9-11H2. The minimum atomic E-state index is -1.38. The summed E-state index contributed by atoms with van der Waals surface area (Å²) < 4.78 is 5.89. The first-order chi connectivity index (χ1) is 9.74. The van der Waals surface area contributed by atoms with Crippen molar-refractivity contribution < 1.29 is 14.8 Å². The topological polar surface area (TPSA) is 52.9 Å². The van der Waals surface area contributed by atoms with E-state index in [4.69, 9.17) is 14.8 Å². The highest BCUT2D eigenvalue weighted by atomic mass is 16.5. The van der Waals surface area contributed by atoms with Gasteiger partial charge in [0, 0.05) is 19.1 Å². The molecular weight excluding hydrogens is 253 g/mol. The molecule has 2 atom stereocenters. The van der Waals surface area contributed by atoms with E-state index in [1.54, 1.807) is 12.1 Å². The zero-order valence-corrected chi connectivity index (χ0v) is 11.7. The molecule has 0 amide bonds. The van der Waals surface area contributed by atoms with E-state index in [0.29, 0.717) is 17.6 Å². The predicted octanol–water partition coefficient (Wildman–Crippen LogP) is 0.510. The van der Waals surface area contributed by atoms with Crippen molar-refractivity contribution in [3.8, 4) is 0 Å². The number of rotatable bonds is 3. The Morgan fingerprint density at radius 3 is 2.65 bits per heavy atom. The van der Waals surface area contributed by atoms with E-state index in [1.165, 1.54) is 31.2 Å². The van der Waals surface area contributed by atoms with Gasteiger partial charge in [-0.3, -0.25) is 4.90 Å². The number of fused-ring (bicyclic) bond motifs is 1. The van der Waals surface area contributed by atoms with Crippen LogP contribution in [0, 0.1) is 0 Å². The van der Waals surface area contributed by atoms with Crippen LogP contribution >= 0.6 is 0 Å². The summed E-state index contributed by atoms with van der Waals surface area (Å²) in [4.78, 5) is 2.53. The van der Waals surface area contributed by atoms with Crippen LogP contribution in [0.4, 0.5) is 0 Å². The van der Waals surface area contributed by atoms with E-state index >= 15 is 0 Å². The lowest BCUT2D eigenvalue weighted by Crippen LogP contribution is -2.52. The Bertz CT molecular complexity index is 435. The van der Waals surface area contributed by atoms with Crippen LogP contribution in [0.5, 0.6) is 0 Å². The molecule has 1 saturated heterocycles. The Morgan fingerprint density at radius 1 is 1.15 bits per heavy atom. The van der Waals surface area contributed by atoms with Crippen LogP contribution in [-0.2, 0) is 11.3 Å². The third-order valence-corrected chi connectivity index (χ3v) is 4.51. The maximum atomic E-state index is 9.12. The Labute approximate surface area is 120 Å². The fourth-order valence-electron chi connectivity index (χ4n) is 3.40. The molecule has 5 heteroatoms. The van der Waals surface area contributed by atoms with E-state index in [0.717, 1.165) is 19.7 Å². The fourth-order valence-corrected chi connectivity index (χ4v) is 3.40. The van der Waals surface area contributed by atoms with E-state index in [9.17, 15) is 0 Å². The molecular formula is C15H22BNO3. The minimum absolute atomic E-state index is 0.413. The quantitative estimate of drug-likeness (QED) is 0.789. The zero-order chi connectivity index (χ0) is 13.9. The second kappa shape index (κ2) is 6.27. The lowest BCUT2D eigenvalue weighted by Gasteiger charge is -2.43. The maximum Gasteiger partial charge on any atom is 0.488 e.